The van der Waals surface area contributed by atoms with Crippen molar-refractivity contribution >= 4 is 29.1 Å². The van der Waals surface area contributed by atoms with Gasteiger partial charge < -0.3 is 10.2 Å². The molecule has 3 heterocycles. The highest BCUT2D eigenvalue weighted by molar-refractivity contribution is 6.30. The number of hydrogen-bond acceptors (Lipinski definition) is 4. The van der Waals surface area contributed by atoms with Crippen LogP contribution in [0.3, 0.4) is 0 Å². The molecule has 2 aliphatic rings. The van der Waals surface area contributed by atoms with E-state index in [9.17, 15) is 19.8 Å². The predicted molar refractivity (Wildman–Crippen MR) is 144 cm³/mol. The quantitative estimate of drug-likeness (QED) is 0.450. The third-order valence-corrected chi connectivity index (χ3v) is 7.68. The topological polar surface area (TPSA) is 94.6 Å². The van der Waals surface area contributed by atoms with E-state index in [4.69, 9.17) is 16.6 Å². The molecule has 1 atom stereocenters. The molecular formula is C30H31ClN3O4+. The molecule has 7 nitrogen and oxygen atoms in total. The van der Waals surface area contributed by atoms with Crippen LogP contribution in [0.2, 0.25) is 5.02 Å². The largest absolute Gasteiger partial charge is 0.481 e. The summed E-state index contributed by atoms with van der Waals surface area (Å²) in [5, 5.41) is 19.5. The van der Waals surface area contributed by atoms with Gasteiger partial charge in [-0.15, -0.1) is 0 Å². The van der Waals surface area contributed by atoms with E-state index < -0.39 is 24.4 Å². The zero-order valence-corrected chi connectivity index (χ0v) is 22.1. The number of nitrogens with zero attached hydrogens (tertiary/aromatic N) is 3. The summed E-state index contributed by atoms with van der Waals surface area (Å²) in [6.45, 7) is 4.31. The van der Waals surface area contributed by atoms with Crippen molar-refractivity contribution in [2.45, 2.75) is 51.6 Å². The van der Waals surface area contributed by atoms with Gasteiger partial charge in [-0.25, -0.2) is 4.79 Å². The van der Waals surface area contributed by atoms with E-state index in [1.165, 1.54) is 32.4 Å². The maximum absolute atomic E-state index is 11.7. The first kappa shape index (κ1) is 26.1. The van der Waals surface area contributed by atoms with Crippen LogP contribution in [0.15, 0.2) is 60.6 Å². The highest BCUT2D eigenvalue weighted by Gasteiger charge is 2.31. The number of pyridine rings is 2. The van der Waals surface area contributed by atoms with Crippen molar-refractivity contribution in [3.05, 3.63) is 99.1 Å². The molecule has 2 aromatic heterocycles. The maximum atomic E-state index is 11.7. The van der Waals surface area contributed by atoms with E-state index in [-0.39, 0.29) is 0 Å². The molecule has 1 aliphatic carbocycles. The van der Waals surface area contributed by atoms with Gasteiger partial charge in [0.15, 0.2) is 12.4 Å². The Hall–Kier alpha value is -3.55. The van der Waals surface area contributed by atoms with Gasteiger partial charge in [0.1, 0.15) is 6.42 Å². The summed E-state index contributed by atoms with van der Waals surface area (Å²) >= 11 is 6.35. The Morgan fingerprint density at radius 3 is 2.55 bits per heavy atom. The number of benzene rings is 1. The third-order valence-electron chi connectivity index (χ3n) is 7.44. The minimum atomic E-state index is -1.15. The number of likely N-dealkylation sites (tertiary alicyclic amines) is 1. The highest BCUT2D eigenvalue weighted by atomic mass is 35.5. The summed E-state index contributed by atoms with van der Waals surface area (Å²) < 4.78 is 1.52. The molecule has 0 radical (unpaired) electrons. The van der Waals surface area contributed by atoms with Crippen LogP contribution in [-0.4, -0.2) is 45.1 Å². The summed E-state index contributed by atoms with van der Waals surface area (Å²) in [5.41, 5.74) is 9.36. The van der Waals surface area contributed by atoms with Crippen LogP contribution < -0.4 is 4.57 Å². The predicted octanol–water partition coefficient (Wildman–Crippen LogP) is 4.63. The van der Waals surface area contributed by atoms with Crippen molar-refractivity contribution < 1.29 is 24.4 Å². The third kappa shape index (κ3) is 5.64. The molecular weight excluding hydrogens is 502 g/mol. The molecule has 0 amide bonds. The molecule has 196 valence electrons. The average molecular weight is 533 g/mol. The van der Waals surface area contributed by atoms with Crippen LogP contribution in [0.25, 0.3) is 5.57 Å². The molecule has 1 fully saturated rings. The first-order valence-electron chi connectivity index (χ1n) is 12.9. The minimum Gasteiger partial charge on any atom is -0.481 e. The lowest BCUT2D eigenvalue weighted by Gasteiger charge is -2.30. The van der Waals surface area contributed by atoms with Crippen molar-refractivity contribution in [3.63, 3.8) is 0 Å². The summed E-state index contributed by atoms with van der Waals surface area (Å²) in [4.78, 5) is 30.2. The first-order chi connectivity index (χ1) is 18.3. The normalized spacial score (nSPS) is 16.4. The van der Waals surface area contributed by atoms with Gasteiger partial charge in [0.2, 0.25) is 0 Å². The number of fused-ring (bicyclic) bond motifs is 2. The zero-order valence-electron chi connectivity index (χ0n) is 21.4. The van der Waals surface area contributed by atoms with Crippen LogP contribution in [0.5, 0.6) is 0 Å². The molecule has 1 aliphatic heterocycles. The van der Waals surface area contributed by atoms with E-state index in [0.29, 0.717) is 6.54 Å². The summed E-state index contributed by atoms with van der Waals surface area (Å²) in [6.07, 6.45) is 8.57. The fourth-order valence-corrected chi connectivity index (χ4v) is 5.90. The van der Waals surface area contributed by atoms with Gasteiger partial charge in [-0.3, -0.25) is 14.7 Å². The molecule has 38 heavy (non-hydrogen) atoms. The molecule has 3 aromatic rings. The number of aliphatic carboxylic acids is 2. The standard InChI is InChI=1S/C30H30ClN3O4/c1-19-13-20(18-34(16-19)26(30(37)38)15-27(35)36)17-33-11-8-21(9-12-33)28-25-7-6-24(31)14-23(25)5-4-22-3-2-10-32-29(22)28/h2-3,6-7,10,13-14,16,18,26H,4-5,8-9,11-12,15,17H2,1H3,(H-,35,36,37,38)/p+1. The number of carboxylic acid groups (broad SMARTS) is 2. The van der Waals surface area contributed by atoms with Crippen LogP contribution >= 0.6 is 11.6 Å². The van der Waals surface area contributed by atoms with Crippen LogP contribution in [0.4, 0.5) is 0 Å². The van der Waals surface area contributed by atoms with Crippen LogP contribution in [0.1, 0.15) is 58.8 Å². The van der Waals surface area contributed by atoms with E-state index in [0.717, 1.165) is 60.6 Å². The first-order valence-corrected chi connectivity index (χ1v) is 13.3. The number of rotatable bonds is 6. The lowest BCUT2D eigenvalue weighted by Crippen LogP contribution is -2.45. The smallest absolute Gasteiger partial charge is 0.374 e. The van der Waals surface area contributed by atoms with Gasteiger partial charge >= 0.3 is 11.9 Å². The Balaban J connectivity index is 1.40. The fraction of sp³-hybridized carbons (Fsp3) is 0.333. The van der Waals surface area contributed by atoms with Crippen molar-refractivity contribution in [1.29, 1.82) is 0 Å². The fourth-order valence-electron chi connectivity index (χ4n) is 5.71. The molecule has 0 bridgehead atoms. The number of hydrogen-bond donors (Lipinski definition) is 2. The van der Waals surface area contributed by atoms with Crippen LogP contribution in [0, 0.1) is 6.92 Å². The lowest BCUT2D eigenvalue weighted by molar-refractivity contribution is -0.710. The Bertz CT molecular complexity index is 1420. The second-order valence-corrected chi connectivity index (χ2v) is 10.6. The van der Waals surface area contributed by atoms with Crippen molar-refractivity contribution in [1.82, 2.24) is 9.88 Å². The molecule has 1 saturated heterocycles. The molecule has 8 heteroatoms. The van der Waals surface area contributed by atoms with Gasteiger partial charge in [-0.2, -0.15) is 4.57 Å². The molecule has 0 saturated carbocycles. The maximum Gasteiger partial charge on any atom is 0.374 e. The summed E-state index contributed by atoms with van der Waals surface area (Å²) in [6, 6.07) is 11.3. The van der Waals surface area contributed by atoms with E-state index in [2.05, 4.69) is 23.1 Å². The zero-order chi connectivity index (χ0) is 26.8. The monoisotopic (exact) mass is 532 g/mol. The molecule has 2 N–H and O–H groups in total. The van der Waals surface area contributed by atoms with Gasteiger partial charge in [0.25, 0.3) is 6.04 Å². The number of aromatic nitrogens is 2. The Labute approximate surface area is 227 Å². The van der Waals surface area contributed by atoms with Crippen LogP contribution in [-0.2, 0) is 29.0 Å². The van der Waals surface area contributed by atoms with Gasteiger partial charge in [0, 0.05) is 47.6 Å². The second kappa shape index (κ2) is 11.1. The SMILES string of the molecule is Cc1cc(CN2CCC(=C3c4ccc(Cl)cc4CCc4cccnc43)CC2)c[n+](C(CC(=O)O)C(=O)O)c1. The number of piperidine rings is 1. The second-order valence-electron chi connectivity index (χ2n) is 10.2. The van der Waals surface area contributed by atoms with Crippen molar-refractivity contribution in [2.75, 3.05) is 13.1 Å². The number of aryl methyl sites for hydroxylation is 3. The summed E-state index contributed by atoms with van der Waals surface area (Å²) in [7, 11) is 0. The van der Waals surface area contributed by atoms with Gasteiger partial charge in [-0.1, -0.05) is 29.3 Å². The number of halogens is 1. The van der Waals surface area contributed by atoms with Gasteiger partial charge in [-0.05, 0) is 73.6 Å². The minimum absolute atomic E-state index is 0.467. The molecule has 1 aromatic carbocycles. The molecule has 5 rings (SSSR count). The van der Waals surface area contributed by atoms with E-state index in [1.807, 2.05) is 31.3 Å². The van der Waals surface area contributed by atoms with Crippen molar-refractivity contribution in [2.24, 2.45) is 0 Å². The number of carboxylic acids is 2. The molecule has 0 spiro atoms. The Morgan fingerprint density at radius 1 is 1.05 bits per heavy atom. The molecule has 1 unspecified atom stereocenters. The Kier molecular flexibility index (Phi) is 7.58. The van der Waals surface area contributed by atoms with E-state index in [1.54, 1.807) is 12.4 Å². The highest BCUT2D eigenvalue weighted by Crippen LogP contribution is 2.38. The lowest BCUT2D eigenvalue weighted by atomic mass is 9.88. The number of carbonyl (C=O) groups is 2. The average Bonchev–Trinajstić information content (AvgIpc) is 3.04. The van der Waals surface area contributed by atoms with Crippen molar-refractivity contribution in [3.8, 4) is 0 Å². The summed E-state index contributed by atoms with van der Waals surface area (Å²) in [5.74, 6) is -2.29. The van der Waals surface area contributed by atoms with E-state index >= 15 is 0 Å². The van der Waals surface area contributed by atoms with Gasteiger partial charge in [0.05, 0.1) is 5.69 Å². The Morgan fingerprint density at radius 2 is 1.82 bits per heavy atom.